The molecule has 0 saturated carbocycles. The number of benzene rings is 1. The van der Waals surface area contributed by atoms with Crippen molar-refractivity contribution in [1.82, 2.24) is 5.43 Å². The molecule has 0 amide bonds. The van der Waals surface area contributed by atoms with Crippen LogP contribution in [0.4, 0.5) is 13.2 Å². The molecule has 0 spiro atoms. The van der Waals surface area contributed by atoms with Crippen molar-refractivity contribution >= 4 is 27.3 Å². The van der Waals surface area contributed by atoms with Gasteiger partial charge in [-0.05, 0) is 58.6 Å². The highest BCUT2D eigenvalue weighted by Crippen LogP contribution is 2.33. The lowest BCUT2D eigenvalue weighted by Crippen LogP contribution is -2.29. The van der Waals surface area contributed by atoms with Crippen LogP contribution in [0.5, 0.6) is 0 Å². The number of thiophene rings is 1. The summed E-state index contributed by atoms with van der Waals surface area (Å²) in [5, 5.41) is 0. The molecule has 0 aliphatic heterocycles. The number of alkyl halides is 3. The van der Waals surface area contributed by atoms with Gasteiger partial charge in [-0.3, -0.25) is 11.3 Å². The highest BCUT2D eigenvalue weighted by Gasteiger charge is 2.30. The van der Waals surface area contributed by atoms with Gasteiger partial charge in [0.05, 0.1) is 15.4 Å². The van der Waals surface area contributed by atoms with Gasteiger partial charge in [0, 0.05) is 4.88 Å². The molecule has 0 aliphatic carbocycles. The quantitative estimate of drug-likeness (QED) is 0.603. The van der Waals surface area contributed by atoms with E-state index >= 15 is 0 Å². The fourth-order valence-corrected chi connectivity index (χ4v) is 3.59. The van der Waals surface area contributed by atoms with Gasteiger partial charge in [-0.1, -0.05) is 12.1 Å². The Kier molecular flexibility index (Phi) is 5.08. The molecule has 1 aromatic carbocycles. The van der Waals surface area contributed by atoms with Gasteiger partial charge in [0.25, 0.3) is 0 Å². The van der Waals surface area contributed by atoms with E-state index in [0.717, 1.165) is 31.9 Å². The van der Waals surface area contributed by atoms with E-state index in [1.807, 2.05) is 13.0 Å². The molecular weight excluding hydrogens is 365 g/mol. The van der Waals surface area contributed by atoms with Crippen LogP contribution in [0.15, 0.2) is 34.1 Å². The number of hydrazine groups is 1. The first kappa shape index (κ1) is 16.5. The van der Waals surface area contributed by atoms with E-state index in [2.05, 4.69) is 21.4 Å². The van der Waals surface area contributed by atoms with Gasteiger partial charge in [-0.2, -0.15) is 13.2 Å². The minimum atomic E-state index is -4.31. The van der Waals surface area contributed by atoms with Crippen molar-refractivity contribution < 1.29 is 13.2 Å². The normalized spacial score (nSPS) is 13.4. The number of hydrogen-bond acceptors (Lipinski definition) is 3. The number of nitrogens with one attached hydrogen (secondary N) is 1. The summed E-state index contributed by atoms with van der Waals surface area (Å²) in [4.78, 5) is 1.04. The number of hydrogen-bond donors (Lipinski definition) is 2. The summed E-state index contributed by atoms with van der Waals surface area (Å²) in [6.07, 6.45) is -3.78. The Hall–Kier alpha value is -0.890. The summed E-state index contributed by atoms with van der Waals surface area (Å²) < 4.78 is 38.6. The highest BCUT2D eigenvalue weighted by molar-refractivity contribution is 9.11. The number of halogens is 4. The minimum absolute atomic E-state index is 0.128. The molecule has 0 saturated heterocycles. The van der Waals surface area contributed by atoms with E-state index in [1.165, 1.54) is 12.1 Å². The van der Waals surface area contributed by atoms with Crippen LogP contribution < -0.4 is 11.3 Å². The van der Waals surface area contributed by atoms with Crippen molar-refractivity contribution in [2.45, 2.75) is 25.6 Å². The lowest BCUT2D eigenvalue weighted by Gasteiger charge is -2.15. The average molecular weight is 379 g/mol. The summed E-state index contributed by atoms with van der Waals surface area (Å²) in [7, 11) is 0. The van der Waals surface area contributed by atoms with Crippen LogP contribution in [0.25, 0.3) is 0 Å². The molecule has 1 unspecified atom stereocenters. The molecule has 2 nitrogen and oxygen atoms in total. The SMILES string of the molecule is Cc1cc(C(Cc2ccc(C(F)(F)F)cc2)NN)sc1Br. The average Bonchev–Trinajstić information content (AvgIpc) is 2.75. The standard InChI is InChI=1S/C14H14BrF3N2S/c1-8-6-12(21-13(8)15)11(20-19)7-9-2-4-10(5-3-9)14(16,17)18/h2-6,11,20H,7,19H2,1H3. The van der Waals surface area contributed by atoms with Gasteiger partial charge in [0.1, 0.15) is 0 Å². The van der Waals surface area contributed by atoms with Crippen molar-refractivity contribution in [3.05, 3.63) is 55.7 Å². The molecule has 1 aromatic heterocycles. The Balaban J connectivity index is 2.15. The van der Waals surface area contributed by atoms with Crippen LogP contribution in [0.1, 0.15) is 27.6 Å². The van der Waals surface area contributed by atoms with Crippen LogP contribution >= 0.6 is 27.3 Å². The Morgan fingerprint density at radius 3 is 2.33 bits per heavy atom. The van der Waals surface area contributed by atoms with E-state index in [0.29, 0.717) is 6.42 Å². The van der Waals surface area contributed by atoms with Gasteiger partial charge >= 0.3 is 6.18 Å². The predicted molar refractivity (Wildman–Crippen MR) is 82.0 cm³/mol. The second kappa shape index (κ2) is 6.48. The first-order chi connectivity index (χ1) is 9.81. The zero-order valence-electron chi connectivity index (χ0n) is 11.2. The third-order valence-corrected chi connectivity index (χ3v) is 5.39. The molecule has 21 heavy (non-hydrogen) atoms. The van der Waals surface area contributed by atoms with E-state index in [9.17, 15) is 13.2 Å². The maximum Gasteiger partial charge on any atom is 0.416 e. The first-order valence-corrected chi connectivity index (χ1v) is 7.80. The lowest BCUT2D eigenvalue weighted by molar-refractivity contribution is -0.137. The Labute approximate surface area is 133 Å². The highest BCUT2D eigenvalue weighted by atomic mass is 79.9. The van der Waals surface area contributed by atoms with Crippen LogP contribution in [0, 0.1) is 6.92 Å². The van der Waals surface area contributed by atoms with Crippen molar-refractivity contribution in [3.63, 3.8) is 0 Å². The zero-order chi connectivity index (χ0) is 15.6. The molecule has 2 rings (SSSR count). The molecule has 7 heteroatoms. The number of nitrogens with two attached hydrogens (primary N) is 1. The molecule has 114 valence electrons. The molecule has 3 N–H and O–H groups in total. The maximum absolute atomic E-state index is 12.5. The van der Waals surface area contributed by atoms with Crippen molar-refractivity contribution in [2.24, 2.45) is 5.84 Å². The predicted octanol–water partition coefficient (Wildman–Crippen LogP) is 4.58. The Morgan fingerprint density at radius 1 is 1.29 bits per heavy atom. The number of rotatable bonds is 4. The van der Waals surface area contributed by atoms with Crippen LogP contribution in [-0.4, -0.2) is 0 Å². The van der Waals surface area contributed by atoms with Crippen molar-refractivity contribution in [3.8, 4) is 0 Å². The molecule has 2 aromatic rings. The second-order valence-corrected chi connectivity index (χ2v) is 7.13. The fourth-order valence-electron chi connectivity index (χ4n) is 1.96. The van der Waals surface area contributed by atoms with Gasteiger partial charge in [-0.15, -0.1) is 11.3 Å². The van der Waals surface area contributed by atoms with E-state index in [1.54, 1.807) is 11.3 Å². The van der Waals surface area contributed by atoms with Crippen molar-refractivity contribution in [2.75, 3.05) is 0 Å². The van der Waals surface area contributed by atoms with Gasteiger partial charge < -0.3 is 0 Å². The second-order valence-electron chi connectivity index (χ2n) is 4.72. The topological polar surface area (TPSA) is 38.0 Å². The Bertz CT molecular complexity index is 588. The molecule has 0 fully saturated rings. The molecule has 1 heterocycles. The largest absolute Gasteiger partial charge is 0.416 e. The van der Waals surface area contributed by atoms with Crippen molar-refractivity contribution in [1.29, 1.82) is 0 Å². The molecule has 1 atom stereocenters. The third-order valence-electron chi connectivity index (χ3n) is 3.14. The first-order valence-electron chi connectivity index (χ1n) is 6.19. The van der Waals surface area contributed by atoms with Gasteiger partial charge in [0.2, 0.25) is 0 Å². The van der Waals surface area contributed by atoms with Crippen LogP contribution in [-0.2, 0) is 12.6 Å². The van der Waals surface area contributed by atoms with E-state index < -0.39 is 11.7 Å². The zero-order valence-corrected chi connectivity index (χ0v) is 13.6. The molecule has 0 aliphatic rings. The minimum Gasteiger partial charge on any atom is -0.271 e. The Morgan fingerprint density at radius 2 is 1.90 bits per heavy atom. The smallest absolute Gasteiger partial charge is 0.271 e. The summed E-state index contributed by atoms with van der Waals surface area (Å²) in [5.41, 5.74) is 3.99. The fraction of sp³-hybridized carbons (Fsp3) is 0.286. The molecular formula is C14H14BrF3N2S. The van der Waals surface area contributed by atoms with Gasteiger partial charge in [0.15, 0.2) is 0 Å². The maximum atomic E-state index is 12.5. The van der Waals surface area contributed by atoms with Crippen LogP contribution in [0.3, 0.4) is 0 Å². The monoisotopic (exact) mass is 378 g/mol. The molecule has 0 bridgehead atoms. The van der Waals surface area contributed by atoms with Crippen LogP contribution in [0.2, 0.25) is 0 Å². The number of aryl methyl sites for hydroxylation is 1. The van der Waals surface area contributed by atoms with Gasteiger partial charge in [-0.25, -0.2) is 0 Å². The molecule has 0 radical (unpaired) electrons. The summed E-state index contributed by atoms with van der Waals surface area (Å²) in [6.45, 7) is 1.98. The van der Waals surface area contributed by atoms with E-state index in [-0.39, 0.29) is 6.04 Å². The summed E-state index contributed by atoms with van der Waals surface area (Å²) in [6, 6.07) is 7.06. The summed E-state index contributed by atoms with van der Waals surface area (Å²) >= 11 is 5.02. The summed E-state index contributed by atoms with van der Waals surface area (Å²) in [5.74, 6) is 5.57. The lowest BCUT2D eigenvalue weighted by atomic mass is 10.0. The van der Waals surface area contributed by atoms with E-state index in [4.69, 9.17) is 5.84 Å². The third kappa shape index (κ3) is 4.06.